The maximum Gasteiger partial charge on any atom is 0.255 e. The highest BCUT2D eigenvalue weighted by Crippen LogP contribution is 2.33. The number of benzene rings is 2. The number of carbonyl (C=O) groups is 1. The van der Waals surface area contributed by atoms with Crippen LogP contribution >= 0.6 is 11.6 Å². The van der Waals surface area contributed by atoms with Crippen LogP contribution in [0.5, 0.6) is 11.5 Å². The minimum absolute atomic E-state index is 0.238. The monoisotopic (exact) mass is 395 g/mol. The fourth-order valence-electron chi connectivity index (χ4n) is 2.83. The first-order valence-corrected chi connectivity index (χ1v) is 9.16. The van der Waals surface area contributed by atoms with E-state index in [4.69, 9.17) is 21.1 Å². The van der Waals surface area contributed by atoms with Crippen LogP contribution < -0.4 is 20.1 Å². The number of ether oxygens (including phenoxy) is 2. The number of hydrogen-bond acceptors (Lipinski definition) is 5. The van der Waals surface area contributed by atoms with Crippen LogP contribution in [0, 0.1) is 6.92 Å². The Morgan fingerprint density at radius 3 is 2.71 bits per heavy atom. The first-order valence-electron chi connectivity index (χ1n) is 8.79. The average Bonchev–Trinajstić information content (AvgIpc) is 2.71. The molecule has 0 bridgehead atoms. The first kappa shape index (κ1) is 18.1. The van der Waals surface area contributed by atoms with Crippen molar-refractivity contribution in [2.45, 2.75) is 6.92 Å². The lowest BCUT2D eigenvalue weighted by Gasteiger charge is -2.19. The average molecular weight is 396 g/mol. The number of carbonyl (C=O) groups excluding carboxylic acids is 1. The molecule has 1 aromatic heterocycles. The molecule has 0 saturated heterocycles. The Bertz CT molecular complexity index is 1040. The molecular formula is C21H18ClN3O3. The fourth-order valence-corrected chi connectivity index (χ4v) is 3.00. The molecule has 28 heavy (non-hydrogen) atoms. The minimum Gasteiger partial charge on any atom is -0.486 e. The van der Waals surface area contributed by atoms with Gasteiger partial charge in [0.2, 0.25) is 0 Å². The number of aromatic nitrogens is 1. The summed E-state index contributed by atoms with van der Waals surface area (Å²) in [4.78, 5) is 16.9. The van der Waals surface area contributed by atoms with E-state index in [1.165, 1.54) is 0 Å². The Morgan fingerprint density at radius 1 is 1.04 bits per heavy atom. The van der Waals surface area contributed by atoms with E-state index in [9.17, 15) is 4.79 Å². The lowest BCUT2D eigenvalue weighted by Crippen LogP contribution is -2.15. The molecule has 0 spiro atoms. The Kier molecular flexibility index (Phi) is 5.04. The number of aryl methyl sites for hydroxylation is 1. The summed E-state index contributed by atoms with van der Waals surface area (Å²) in [5, 5.41) is 6.64. The van der Waals surface area contributed by atoms with Crippen molar-refractivity contribution in [1.82, 2.24) is 4.98 Å². The summed E-state index contributed by atoms with van der Waals surface area (Å²) in [5.74, 6) is 1.71. The summed E-state index contributed by atoms with van der Waals surface area (Å²) >= 11 is 6.02. The topological polar surface area (TPSA) is 72.5 Å². The van der Waals surface area contributed by atoms with Gasteiger partial charge in [0.05, 0.1) is 0 Å². The van der Waals surface area contributed by atoms with Gasteiger partial charge in [0.1, 0.15) is 19.0 Å². The molecule has 4 rings (SSSR count). The smallest absolute Gasteiger partial charge is 0.255 e. The van der Waals surface area contributed by atoms with Crippen molar-refractivity contribution in [2.24, 2.45) is 0 Å². The first-order chi connectivity index (χ1) is 13.6. The summed E-state index contributed by atoms with van der Waals surface area (Å²) in [7, 11) is 0. The number of halogens is 1. The number of nitrogens with zero attached hydrogens (tertiary/aromatic N) is 1. The molecule has 7 heteroatoms. The second-order valence-corrected chi connectivity index (χ2v) is 6.76. The molecule has 142 valence electrons. The van der Waals surface area contributed by atoms with Crippen molar-refractivity contribution >= 4 is 34.7 Å². The van der Waals surface area contributed by atoms with E-state index in [1.54, 1.807) is 30.5 Å². The Balaban J connectivity index is 1.51. The standard InChI is InChI=1S/C21H18ClN3O3/c1-13-2-3-15(22)11-17(13)25-21(26)14-6-7-23-20(10-14)24-16-4-5-18-19(12-16)28-9-8-27-18/h2-7,10-12H,8-9H2,1H3,(H,23,24)(H,25,26). The molecule has 2 heterocycles. The zero-order chi connectivity index (χ0) is 19.5. The lowest BCUT2D eigenvalue weighted by atomic mass is 10.2. The Hall–Kier alpha value is -3.25. The summed E-state index contributed by atoms with van der Waals surface area (Å²) < 4.78 is 11.1. The molecule has 2 aromatic carbocycles. The quantitative estimate of drug-likeness (QED) is 0.663. The maximum absolute atomic E-state index is 12.6. The van der Waals surface area contributed by atoms with Crippen molar-refractivity contribution in [2.75, 3.05) is 23.8 Å². The number of pyridine rings is 1. The third-order valence-corrected chi connectivity index (χ3v) is 4.52. The van der Waals surface area contributed by atoms with E-state index in [1.807, 2.05) is 31.2 Å². The van der Waals surface area contributed by atoms with Gasteiger partial charge in [-0.15, -0.1) is 0 Å². The van der Waals surface area contributed by atoms with E-state index in [2.05, 4.69) is 15.6 Å². The van der Waals surface area contributed by atoms with Crippen LogP contribution in [0.4, 0.5) is 17.2 Å². The minimum atomic E-state index is -0.238. The number of amides is 1. The number of fused-ring (bicyclic) bond motifs is 1. The maximum atomic E-state index is 12.6. The van der Waals surface area contributed by atoms with Crippen LogP contribution in [0.25, 0.3) is 0 Å². The molecule has 0 fully saturated rings. The highest BCUT2D eigenvalue weighted by Gasteiger charge is 2.13. The molecule has 1 amide bonds. The van der Waals surface area contributed by atoms with Gasteiger partial charge in [0.25, 0.3) is 5.91 Å². The number of anilines is 3. The highest BCUT2D eigenvalue weighted by molar-refractivity contribution is 6.31. The van der Waals surface area contributed by atoms with Gasteiger partial charge < -0.3 is 20.1 Å². The van der Waals surface area contributed by atoms with Crippen molar-refractivity contribution in [3.63, 3.8) is 0 Å². The fraction of sp³-hybridized carbons (Fsp3) is 0.143. The molecule has 2 N–H and O–H groups in total. The van der Waals surface area contributed by atoms with Crippen LogP contribution in [0.1, 0.15) is 15.9 Å². The van der Waals surface area contributed by atoms with Gasteiger partial charge in [0.15, 0.2) is 11.5 Å². The lowest BCUT2D eigenvalue weighted by molar-refractivity contribution is 0.102. The van der Waals surface area contributed by atoms with Crippen molar-refractivity contribution < 1.29 is 14.3 Å². The highest BCUT2D eigenvalue weighted by atomic mass is 35.5. The Labute approximate surface area is 167 Å². The van der Waals surface area contributed by atoms with E-state index < -0.39 is 0 Å². The van der Waals surface area contributed by atoms with Crippen LogP contribution in [0.3, 0.4) is 0 Å². The third kappa shape index (κ3) is 4.02. The summed E-state index contributed by atoms with van der Waals surface area (Å²) in [5.41, 5.74) is 2.88. The summed E-state index contributed by atoms with van der Waals surface area (Å²) in [6, 6.07) is 14.3. The molecule has 1 aliphatic rings. The second kappa shape index (κ2) is 7.78. The third-order valence-electron chi connectivity index (χ3n) is 4.28. The summed E-state index contributed by atoms with van der Waals surface area (Å²) in [6.45, 7) is 2.98. The predicted molar refractivity (Wildman–Crippen MR) is 109 cm³/mol. The molecule has 0 aliphatic carbocycles. The van der Waals surface area contributed by atoms with Crippen LogP contribution in [-0.2, 0) is 0 Å². The van der Waals surface area contributed by atoms with E-state index >= 15 is 0 Å². The van der Waals surface area contributed by atoms with Crippen LogP contribution in [0.15, 0.2) is 54.7 Å². The normalized spacial score (nSPS) is 12.4. The number of rotatable bonds is 4. The van der Waals surface area contributed by atoms with Gasteiger partial charge in [-0.25, -0.2) is 4.98 Å². The largest absolute Gasteiger partial charge is 0.486 e. The van der Waals surface area contributed by atoms with Crippen LogP contribution in [0.2, 0.25) is 5.02 Å². The van der Waals surface area contributed by atoms with E-state index in [-0.39, 0.29) is 5.91 Å². The predicted octanol–water partition coefficient (Wildman–Crippen LogP) is 4.81. The van der Waals surface area contributed by atoms with Gasteiger partial charge in [-0.1, -0.05) is 17.7 Å². The summed E-state index contributed by atoms with van der Waals surface area (Å²) in [6.07, 6.45) is 1.58. The molecule has 6 nitrogen and oxygen atoms in total. The van der Waals surface area contributed by atoms with Crippen molar-refractivity contribution in [1.29, 1.82) is 0 Å². The number of nitrogens with one attached hydrogen (secondary N) is 2. The molecule has 1 aliphatic heterocycles. The Morgan fingerprint density at radius 2 is 1.86 bits per heavy atom. The molecule has 0 atom stereocenters. The zero-order valence-corrected chi connectivity index (χ0v) is 15.9. The SMILES string of the molecule is Cc1ccc(Cl)cc1NC(=O)c1ccnc(Nc2ccc3c(c2)OCCO3)c1. The van der Waals surface area contributed by atoms with E-state index in [0.29, 0.717) is 41.1 Å². The molecule has 0 radical (unpaired) electrons. The van der Waals surface area contributed by atoms with Gasteiger partial charge in [0, 0.05) is 34.2 Å². The van der Waals surface area contributed by atoms with Crippen molar-refractivity contribution in [3.8, 4) is 11.5 Å². The van der Waals surface area contributed by atoms with Gasteiger partial charge in [-0.2, -0.15) is 0 Å². The zero-order valence-electron chi connectivity index (χ0n) is 15.2. The second-order valence-electron chi connectivity index (χ2n) is 6.33. The molecule has 0 saturated carbocycles. The van der Waals surface area contributed by atoms with Gasteiger partial charge >= 0.3 is 0 Å². The van der Waals surface area contributed by atoms with Crippen molar-refractivity contribution in [3.05, 3.63) is 70.9 Å². The molecule has 0 unspecified atom stereocenters. The molecule has 3 aromatic rings. The molecular weight excluding hydrogens is 378 g/mol. The van der Waals surface area contributed by atoms with E-state index in [0.717, 1.165) is 17.0 Å². The van der Waals surface area contributed by atoms with Gasteiger partial charge in [-0.05, 0) is 48.9 Å². The number of hydrogen-bond donors (Lipinski definition) is 2. The van der Waals surface area contributed by atoms with Gasteiger partial charge in [-0.3, -0.25) is 4.79 Å². The van der Waals surface area contributed by atoms with Crippen LogP contribution in [-0.4, -0.2) is 24.1 Å².